The molecule has 1 aliphatic carbocycles. The van der Waals surface area contributed by atoms with Crippen molar-refractivity contribution in [1.82, 2.24) is 9.97 Å². The van der Waals surface area contributed by atoms with Crippen LogP contribution in [0.25, 0.3) is 11.0 Å². The van der Waals surface area contributed by atoms with Gasteiger partial charge in [0.2, 0.25) is 0 Å². The van der Waals surface area contributed by atoms with E-state index >= 15 is 0 Å². The molecule has 108 valence electrons. The van der Waals surface area contributed by atoms with Crippen LogP contribution in [0.5, 0.6) is 0 Å². The standard InChI is InChI=1S/C17H25N3/c1-11-4-6-17(10-18,7-5-11)16-19-14-8-12(2)13(3)9-15(14)20-16/h8-9,11H,4-7,10,18H2,1-3H3,(H,19,20). The molecule has 0 radical (unpaired) electrons. The summed E-state index contributed by atoms with van der Waals surface area (Å²) in [5, 5.41) is 0. The van der Waals surface area contributed by atoms with E-state index < -0.39 is 0 Å². The second kappa shape index (κ2) is 4.88. The molecule has 0 unspecified atom stereocenters. The molecule has 20 heavy (non-hydrogen) atoms. The highest BCUT2D eigenvalue weighted by Crippen LogP contribution is 2.40. The number of imidazole rings is 1. The molecule has 3 N–H and O–H groups in total. The minimum Gasteiger partial charge on any atom is -0.341 e. The van der Waals surface area contributed by atoms with Gasteiger partial charge in [0.15, 0.2) is 0 Å². The van der Waals surface area contributed by atoms with E-state index in [1.54, 1.807) is 0 Å². The van der Waals surface area contributed by atoms with E-state index in [0.717, 1.165) is 35.6 Å². The number of nitrogens with one attached hydrogen (secondary N) is 1. The van der Waals surface area contributed by atoms with Gasteiger partial charge in [-0.1, -0.05) is 6.92 Å². The first-order valence-corrected chi connectivity index (χ1v) is 7.71. The van der Waals surface area contributed by atoms with E-state index in [9.17, 15) is 0 Å². The van der Waals surface area contributed by atoms with Crippen molar-refractivity contribution in [3.8, 4) is 0 Å². The van der Waals surface area contributed by atoms with Crippen molar-refractivity contribution in [2.45, 2.75) is 51.9 Å². The summed E-state index contributed by atoms with van der Waals surface area (Å²) in [5.74, 6) is 1.93. The van der Waals surface area contributed by atoms with Crippen LogP contribution in [0, 0.1) is 19.8 Å². The molecule has 0 saturated heterocycles. The number of hydrogen-bond acceptors (Lipinski definition) is 2. The molecule has 0 spiro atoms. The SMILES string of the molecule is Cc1cc2nc(C3(CN)CCC(C)CC3)[nH]c2cc1C. The number of fused-ring (bicyclic) bond motifs is 1. The van der Waals surface area contributed by atoms with Gasteiger partial charge < -0.3 is 10.7 Å². The van der Waals surface area contributed by atoms with Crippen LogP contribution in [0.15, 0.2) is 12.1 Å². The molecule has 1 heterocycles. The summed E-state index contributed by atoms with van der Waals surface area (Å²) in [7, 11) is 0. The first-order chi connectivity index (χ1) is 9.54. The summed E-state index contributed by atoms with van der Waals surface area (Å²) in [4.78, 5) is 8.42. The van der Waals surface area contributed by atoms with Crippen molar-refractivity contribution < 1.29 is 0 Å². The quantitative estimate of drug-likeness (QED) is 0.877. The molecule has 0 bridgehead atoms. The molecule has 1 aliphatic rings. The van der Waals surface area contributed by atoms with Gasteiger partial charge in [0, 0.05) is 12.0 Å². The minimum atomic E-state index is 0.0628. The Morgan fingerprint density at radius 2 is 1.90 bits per heavy atom. The topological polar surface area (TPSA) is 54.7 Å². The number of H-pyrrole nitrogens is 1. The maximum atomic E-state index is 6.14. The Kier molecular flexibility index (Phi) is 3.33. The molecule has 3 rings (SSSR count). The lowest BCUT2D eigenvalue weighted by Gasteiger charge is -2.36. The van der Waals surface area contributed by atoms with Gasteiger partial charge in [-0.3, -0.25) is 0 Å². The number of nitrogens with zero attached hydrogens (tertiary/aromatic N) is 1. The highest BCUT2D eigenvalue weighted by atomic mass is 15.0. The van der Waals surface area contributed by atoms with Crippen molar-refractivity contribution >= 4 is 11.0 Å². The van der Waals surface area contributed by atoms with Crippen molar-refractivity contribution in [2.75, 3.05) is 6.54 Å². The third kappa shape index (κ3) is 2.14. The van der Waals surface area contributed by atoms with Crippen LogP contribution in [-0.2, 0) is 5.41 Å². The number of benzene rings is 1. The van der Waals surface area contributed by atoms with Crippen molar-refractivity contribution in [2.24, 2.45) is 11.7 Å². The molecule has 1 aromatic heterocycles. The third-order valence-corrected chi connectivity index (χ3v) is 5.22. The van der Waals surface area contributed by atoms with Crippen molar-refractivity contribution in [3.63, 3.8) is 0 Å². The van der Waals surface area contributed by atoms with Crippen LogP contribution >= 0.6 is 0 Å². The summed E-state index contributed by atoms with van der Waals surface area (Å²) < 4.78 is 0. The van der Waals surface area contributed by atoms with E-state index in [-0.39, 0.29) is 5.41 Å². The van der Waals surface area contributed by atoms with E-state index in [1.165, 1.54) is 24.0 Å². The second-order valence-corrected chi connectivity index (χ2v) is 6.71. The third-order valence-electron chi connectivity index (χ3n) is 5.22. The van der Waals surface area contributed by atoms with Gasteiger partial charge in [0.1, 0.15) is 5.82 Å². The summed E-state index contributed by atoms with van der Waals surface area (Å²) in [6.45, 7) is 7.32. The zero-order chi connectivity index (χ0) is 14.3. The van der Waals surface area contributed by atoms with Gasteiger partial charge in [-0.2, -0.15) is 0 Å². The molecule has 0 atom stereocenters. The van der Waals surface area contributed by atoms with Gasteiger partial charge in [0.25, 0.3) is 0 Å². The number of hydrogen-bond donors (Lipinski definition) is 2. The Bertz CT molecular complexity index is 579. The molecule has 0 aliphatic heterocycles. The Hall–Kier alpha value is -1.35. The number of aromatic nitrogens is 2. The number of nitrogens with two attached hydrogens (primary N) is 1. The normalized spacial score (nSPS) is 27.1. The maximum Gasteiger partial charge on any atom is 0.114 e. The van der Waals surface area contributed by atoms with Gasteiger partial charge >= 0.3 is 0 Å². The minimum absolute atomic E-state index is 0.0628. The molecule has 0 amide bonds. The lowest BCUT2D eigenvalue weighted by molar-refractivity contribution is 0.238. The fraction of sp³-hybridized carbons (Fsp3) is 0.588. The molecule has 1 fully saturated rings. The average Bonchev–Trinajstić information content (AvgIpc) is 2.84. The zero-order valence-electron chi connectivity index (χ0n) is 12.8. The Labute approximate surface area is 121 Å². The largest absolute Gasteiger partial charge is 0.341 e. The first-order valence-electron chi connectivity index (χ1n) is 7.71. The van der Waals surface area contributed by atoms with Crippen LogP contribution in [0.3, 0.4) is 0 Å². The molecule has 1 saturated carbocycles. The predicted octanol–water partition coefficient (Wildman–Crippen LogP) is 3.59. The van der Waals surface area contributed by atoms with Crippen molar-refractivity contribution in [1.29, 1.82) is 0 Å². The maximum absolute atomic E-state index is 6.14. The summed E-state index contributed by atoms with van der Waals surface area (Å²) in [5.41, 5.74) is 11.0. The number of rotatable bonds is 2. The zero-order valence-corrected chi connectivity index (χ0v) is 12.8. The lowest BCUT2D eigenvalue weighted by Crippen LogP contribution is -2.39. The van der Waals surface area contributed by atoms with Crippen LogP contribution in [0.4, 0.5) is 0 Å². The van der Waals surface area contributed by atoms with Crippen LogP contribution in [0.2, 0.25) is 0 Å². The average molecular weight is 271 g/mol. The van der Waals surface area contributed by atoms with E-state index in [4.69, 9.17) is 10.7 Å². The van der Waals surface area contributed by atoms with E-state index in [1.807, 2.05) is 0 Å². The highest BCUT2D eigenvalue weighted by Gasteiger charge is 2.37. The van der Waals surface area contributed by atoms with Gasteiger partial charge in [-0.05, 0) is 68.7 Å². The van der Waals surface area contributed by atoms with Crippen LogP contribution in [0.1, 0.15) is 49.6 Å². The van der Waals surface area contributed by atoms with Gasteiger partial charge in [-0.25, -0.2) is 4.98 Å². The Morgan fingerprint density at radius 3 is 2.55 bits per heavy atom. The fourth-order valence-electron chi connectivity index (χ4n) is 3.37. The monoisotopic (exact) mass is 271 g/mol. The van der Waals surface area contributed by atoms with Gasteiger partial charge in [-0.15, -0.1) is 0 Å². The summed E-state index contributed by atoms with van der Waals surface area (Å²) in [6.07, 6.45) is 4.82. The molecular formula is C17H25N3. The second-order valence-electron chi connectivity index (χ2n) is 6.71. The molecular weight excluding hydrogens is 246 g/mol. The fourth-order valence-corrected chi connectivity index (χ4v) is 3.37. The molecule has 3 nitrogen and oxygen atoms in total. The molecule has 2 aromatic rings. The lowest BCUT2D eigenvalue weighted by atomic mass is 9.70. The first kappa shape index (κ1) is 13.6. The molecule has 1 aromatic carbocycles. The Balaban J connectivity index is 2.04. The summed E-state index contributed by atoms with van der Waals surface area (Å²) in [6, 6.07) is 4.39. The van der Waals surface area contributed by atoms with E-state index in [0.29, 0.717) is 6.54 Å². The van der Waals surface area contributed by atoms with E-state index in [2.05, 4.69) is 37.9 Å². The van der Waals surface area contributed by atoms with Crippen LogP contribution in [-0.4, -0.2) is 16.5 Å². The smallest absolute Gasteiger partial charge is 0.114 e. The van der Waals surface area contributed by atoms with Gasteiger partial charge in [0.05, 0.1) is 11.0 Å². The predicted molar refractivity (Wildman–Crippen MR) is 83.9 cm³/mol. The number of aromatic amines is 1. The Morgan fingerprint density at radius 1 is 1.25 bits per heavy atom. The number of aryl methyl sites for hydroxylation is 2. The summed E-state index contributed by atoms with van der Waals surface area (Å²) >= 11 is 0. The highest BCUT2D eigenvalue weighted by molar-refractivity contribution is 5.77. The van der Waals surface area contributed by atoms with Crippen LogP contribution < -0.4 is 5.73 Å². The van der Waals surface area contributed by atoms with Crippen molar-refractivity contribution in [3.05, 3.63) is 29.1 Å². The molecule has 3 heteroatoms.